The van der Waals surface area contributed by atoms with Crippen LogP contribution in [0.1, 0.15) is 5.56 Å². The fraction of sp³-hybridized carbons (Fsp3) is 0.273. The van der Waals surface area contributed by atoms with Gasteiger partial charge < -0.3 is 5.32 Å². The highest BCUT2D eigenvalue weighted by Gasteiger charge is 1.92. The van der Waals surface area contributed by atoms with Gasteiger partial charge in [-0.1, -0.05) is 12.1 Å². The van der Waals surface area contributed by atoms with Gasteiger partial charge in [-0.3, -0.25) is 0 Å². The normalized spacial score (nSPS) is 11.0. The summed E-state index contributed by atoms with van der Waals surface area (Å²) in [7, 11) is 0. The van der Waals surface area contributed by atoms with Crippen molar-refractivity contribution in [3.05, 3.63) is 48.1 Å². The first kappa shape index (κ1) is 10.9. The van der Waals surface area contributed by atoms with Crippen molar-refractivity contribution >= 4 is 0 Å². The van der Waals surface area contributed by atoms with Crippen LogP contribution in [-0.2, 0) is 6.42 Å². The molecule has 0 aliphatic rings. The summed E-state index contributed by atoms with van der Waals surface area (Å²) in [4.78, 5) is 0. The van der Waals surface area contributed by atoms with Crippen molar-refractivity contribution in [1.29, 1.82) is 0 Å². The number of benzene rings is 1. The van der Waals surface area contributed by atoms with Crippen LogP contribution in [0, 0.1) is 5.82 Å². The first-order chi connectivity index (χ1) is 6.83. The summed E-state index contributed by atoms with van der Waals surface area (Å²) < 4.78 is 24.0. The Morgan fingerprint density at radius 2 is 1.93 bits per heavy atom. The molecule has 1 nitrogen and oxygen atoms in total. The largest absolute Gasteiger partial charge is 0.313 e. The van der Waals surface area contributed by atoms with Gasteiger partial charge in [0.15, 0.2) is 0 Å². The summed E-state index contributed by atoms with van der Waals surface area (Å²) in [5.41, 5.74) is 1.07. The Morgan fingerprint density at radius 3 is 2.57 bits per heavy atom. The molecule has 0 unspecified atom stereocenters. The molecule has 0 amide bonds. The molecule has 1 aromatic rings. The zero-order valence-corrected chi connectivity index (χ0v) is 7.84. The first-order valence-corrected chi connectivity index (χ1v) is 4.53. The Morgan fingerprint density at radius 1 is 1.21 bits per heavy atom. The van der Waals surface area contributed by atoms with Crippen LogP contribution in [0.15, 0.2) is 36.7 Å². The summed E-state index contributed by atoms with van der Waals surface area (Å²) in [5, 5.41) is 3.03. The van der Waals surface area contributed by atoms with Gasteiger partial charge in [-0.25, -0.2) is 8.78 Å². The maximum absolute atomic E-state index is 12.5. The van der Waals surface area contributed by atoms with Crippen LogP contribution in [0.5, 0.6) is 0 Å². The standard InChI is InChI=1S/C11H13F2N/c12-7-1-8-14-9-6-10-2-4-11(13)5-3-10/h1-5,7,14H,6,8-9H2. The Balaban J connectivity index is 2.21. The van der Waals surface area contributed by atoms with E-state index in [0.29, 0.717) is 12.9 Å². The molecule has 1 N–H and O–H groups in total. The third-order valence-electron chi connectivity index (χ3n) is 1.85. The molecule has 0 saturated carbocycles. The number of hydrogen-bond acceptors (Lipinski definition) is 1. The second-order valence-electron chi connectivity index (χ2n) is 2.94. The molecule has 0 radical (unpaired) electrons. The molecular formula is C11H13F2N. The Hall–Kier alpha value is -1.22. The molecule has 0 atom stereocenters. The van der Waals surface area contributed by atoms with Crippen molar-refractivity contribution in [2.24, 2.45) is 0 Å². The van der Waals surface area contributed by atoms with Crippen LogP contribution in [0.25, 0.3) is 0 Å². The molecule has 1 rings (SSSR count). The zero-order chi connectivity index (χ0) is 10.2. The molecule has 0 bridgehead atoms. The predicted molar refractivity (Wildman–Crippen MR) is 53.2 cm³/mol. The lowest BCUT2D eigenvalue weighted by atomic mass is 10.1. The van der Waals surface area contributed by atoms with Crippen LogP contribution >= 0.6 is 0 Å². The minimum atomic E-state index is -0.220. The average molecular weight is 197 g/mol. The van der Waals surface area contributed by atoms with Gasteiger partial charge in [0.2, 0.25) is 0 Å². The van der Waals surface area contributed by atoms with Crippen LogP contribution < -0.4 is 5.32 Å². The molecule has 0 saturated heterocycles. The smallest absolute Gasteiger partial charge is 0.123 e. The highest BCUT2D eigenvalue weighted by Crippen LogP contribution is 2.02. The third kappa shape index (κ3) is 4.14. The fourth-order valence-electron chi connectivity index (χ4n) is 1.11. The van der Waals surface area contributed by atoms with E-state index in [2.05, 4.69) is 5.32 Å². The lowest BCUT2D eigenvalue weighted by Crippen LogP contribution is -2.16. The van der Waals surface area contributed by atoms with Gasteiger partial charge in [-0.05, 0) is 36.7 Å². The summed E-state index contributed by atoms with van der Waals surface area (Å²) in [6.07, 6.45) is 2.75. The molecular weight excluding hydrogens is 184 g/mol. The van der Waals surface area contributed by atoms with Crippen molar-refractivity contribution in [3.8, 4) is 0 Å². The Bertz CT molecular complexity index is 280. The summed E-state index contributed by atoms with van der Waals surface area (Å²) >= 11 is 0. The van der Waals surface area contributed by atoms with Crippen molar-refractivity contribution in [2.45, 2.75) is 6.42 Å². The second kappa shape index (κ2) is 6.27. The van der Waals surface area contributed by atoms with E-state index in [1.807, 2.05) is 0 Å². The van der Waals surface area contributed by atoms with Crippen molar-refractivity contribution in [3.63, 3.8) is 0 Å². The van der Waals surface area contributed by atoms with E-state index in [9.17, 15) is 8.78 Å². The van der Waals surface area contributed by atoms with Crippen LogP contribution in [0.3, 0.4) is 0 Å². The lowest BCUT2D eigenvalue weighted by molar-refractivity contribution is 0.626. The third-order valence-corrected chi connectivity index (χ3v) is 1.85. The molecule has 0 aliphatic carbocycles. The van der Waals surface area contributed by atoms with E-state index in [0.717, 1.165) is 18.5 Å². The topological polar surface area (TPSA) is 12.0 Å². The fourth-order valence-corrected chi connectivity index (χ4v) is 1.11. The van der Waals surface area contributed by atoms with Crippen molar-refractivity contribution < 1.29 is 8.78 Å². The number of nitrogens with one attached hydrogen (secondary N) is 1. The maximum atomic E-state index is 12.5. The van der Waals surface area contributed by atoms with E-state index >= 15 is 0 Å². The second-order valence-corrected chi connectivity index (χ2v) is 2.94. The molecule has 76 valence electrons. The van der Waals surface area contributed by atoms with Gasteiger partial charge in [-0.15, -0.1) is 0 Å². The number of hydrogen-bond donors (Lipinski definition) is 1. The van der Waals surface area contributed by atoms with Crippen LogP contribution in [0.4, 0.5) is 8.78 Å². The summed E-state index contributed by atoms with van der Waals surface area (Å²) in [6, 6.07) is 6.39. The molecule has 0 fully saturated rings. The van der Waals surface area contributed by atoms with E-state index in [-0.39, 0.29) is 5.82 Å². The average Bonchev–Trinajstić information content (AvgIpc) is 2.21. The number of rotatable bonds is 5. The molecule has 1 aromatic carbocycles. The van der Waals surface area contributed by atoms with Gasteiger partial charge in [0.05, 0.1) is 6.33 Å². The minimum Gasteiger partial charge on any atom is -0.313 e. The van der Waals surface area contributed by atoms with E-state index in [4.69, 9.17) is 0 Å². The Labute approximate surface area is 82.4 Å². The van der Waals surface area contributed by atoms with Gasteiger partial charge in [0.25, 0.3) is 0 Å². The quantitative estimate of drug-likeness (QED) is 0.715. The molecule has 3 heteroatoms. The Kier molecular flexibility index (Phi) is 4.86. The summed E-state index contributed by atoms with van der Waals surface area (Å²) in [5.74, 6) is -0.220. The minimum absolute atomic E-state index is 0.220. The van der Waals surface area contributed by atoms with Gasteiger partial charge >= 0.3 is 0 Å². The van der Waals surface area contributed by atoms with E-state index in [1.165, 1.54) is 18.2 Å². The van der Waals surface area contributed by atoms with Crippen molar-refractivity contribution in [2.75, 3.05) is 13.1 Å². The molecule has 0 aromatic heterocycles. The van der Waals surface area contributed by atoms with Gasteiger partial charge in [-0.2, -0.15) is 0 Å². The van der Waals surface area contributed by atoms with Crippen LogP contribution in [0.2, 0.25) is 0 Å². The number of halogens is 2. The molecule has 14 heavy (non-hydrogen) atoms. The SMILES string of the molecule is FC=CCNCCc1ccc(F)cc1. The van der Waals surface area contributed by atoms with E-state index in [1.54, 1.807) is 12.1 Å². The monoisotopic (exact) mass is 197 g/mol. The van der Waals surface area contributed by atoms with Crippen LogP contribution in [-0.4, -0.2) is 13.1 Å². The van der Waals surface area contributed by atoms with E-state index < -0.39 is 0 Å². The zero-order valence-electron chi connectivity index (χ0n) is 7.84. The maximum Gasteiger partial charge on any atom is 0.123 e. The van der Waals surface area contributed by atoms with Gasteiger partial charge in [0, 0.05) is 6.54 Å². The molecule has 0 spiro atoms. The summed E-state index contributed by atoms with van der Waals surface area (Å²) in [6.45, 7) is 1.29. The molecule has 0 heterocycles. The highest BCUT2D eigenvalue weighted by molar-refractivity contribution is 5.16. The first-order valence-electron chi connectivity index (χ1n) is 4.53. The lowest BCUT2D eigenvalue weighted by Gasteiger charge is -2.01. The highest BCUT2D eigenvalue weighted by atomic mass is 19.1. The van der Waals surface area contributed by atoms with Crippen molar-refractivity contribution in [1.82, 2.24) is 5.32 Å². The van der Waals surface area contributed by atoms with Gasteiger partial charge in [0.1, 0.15) is 5.82 Å². The molecule has 0 aliphatic heterocycles. The predicted octanol–water partition coefficient (Wildman–Crippen LogP) is 2.44.